The third-order valence-corrected chi connectivity index (χ3v) is 4.80. The first-order chi connectivity index (χ1) is 12.2. The lowest BCUT2D eigenvalue weighted by atomic mass is 9.85. The van der Waals surface area contributed by atoms with E-state index < -0.39 is 47.8 Å². The number of imide groups is 1. The summed E-state index contributed by atoms with van der Waals surface area (Å²) >= 11 is 5.83. The van der Waals surface area contributed by atoms with Crippen LogP contribution < -0.4 is 5.32 Å². The number of alkyl halides is 3. The van der Waals surface area contributed by atoms with Gasteiger partial charge >= 0.3 is 6.18 Å². The van der Waals surface area contributed by atoms with Gasteiger partial charge in [-0.3, -0.25) is 19.3 Å². The maximum Gasteiger partial charge on any atom is 0.416 e. The quantitative estimate of drug-likeness (QED) is 0.640. The minimum Gasteiger partial charge on any atom is -0.323 e. The van der Waals surface area contributed by atoms with Crippen molar-refractivity contribution < 1.29 is 27.6 Å². The summed E-state index contributed by atoms with van der Waals surface area (Å²) in [6.45, 7) is -0.558. The van der Waals surface area contributed by atoms with Gasteiger partial charge in [-0.15, -0.1) is 0 Å². The molecule has 0 radical (unpaired) electrons. The van der Waals surface area contributed by atoms with Crippen molar-refractivity contribution in [2.45, 2.75) is 19.0 Å². The number of carbonyl (C=O) groups is 3. The van der Waals surface area contributed by atoms with Crippen LogP contribution in [0.15, 0.2) is 30.4 Å². The van der Waals surface area contributed by atoms with Gasteiger partial charge in [-0.2, -0.15) is 13.2 Å². The Labute approximate surface area is 151 Å². The molecule has 2 aliphatic rings. The van der Waals surface area contributed by atoms with Crippen LogP contribution in [0, 0.1) is 11.8 Å². The fourth-order valence-electron chi connectivity index (χ4n) is 3.16. The number of anilines is 1. The molecule has 1 saturated heterocycles. The van der Waals surface area contributed by atoms with Crippen molar-refractivity contribution in [3.05, 3.63) is 40.9 Å². The molecule has 1 aromatic rings. The third kappa shape index (κ3) is 3.46. The number of fused-ring (bicyclic) bond motifs is 1. The fraction of sp³-hybridized carbons (Fsp3) is 0.353. The van der Waals surface area contributed by atoms with Crippen LogP contribution in [0.2, 0.25) is 5.02 Å². The Morgan fingerprint density at radius 2 is 1.73 bits per heavy atom. The molecule has 1 aromatic carbocycles. The van der Waals surface area contributed by atoms with Crippen molar-refractivity contribution in [2.75, 3.05) is 11.9 Å². The highest BCUT2D eigenvalue weighted by Crippen LogP contribution is 2.36. The Morgan fingerprint density at radius 3 is 2.27 bits per heavy atom. The molecule has 0 spiro atoms. The maximum absolute atomic E-state index is 12.8. The van der Waals surface area contributed by atoms with E-state index in [9.17, 15) is 27.6 Å². The monoisotopic (exact) mass is 386 g/mol. The number of hydrogen-bond donors (Lipinski definition) is 1. The number of amides is 3. The molecule has 0 saturated carbocycles. The van der Waals surface area contributed by atoms with Crippen molar-refractivity contribution in [2.24, 2.45) is 11.8 Å². The predicted octanol–water partition coefficient (Wildman–Crippen LogP) is 3.25. The first-order valence-electron chi connectivity index (χ1n) is 7.85. The lowest BCUT2D eigenvalue weighted by Crippen LogP contribution is -2.38. The van der Waals surface area contributed by atoms with Crippen LogP contribution in [0.3, 0.4) is 0 Å². The molecule has 9 heteroatoms. The van der Waals surface area contributed by atoms with Crippen LogP contribution >= 0.6 is 11.6 Å². The summed E-state index contributed by atoms with van der Waals surface area (Å²) < 4.78 is 38.3. The van der Waals surface area contributed by atoms with E-state index in [0.717, 1.165) is 17.0 Å². The van der Waals surface area contributed by atoms with Crippen LogP contribution in [-0.2, 0) is 20.6 Å². The minimum atomic E-state index is -4.59. The summed E-state index contributed by atoms with van der Waals surface area (Å²) in [6, 6.07) is 2.52. The van der Waals surface area contributed by atoms with E-state index in [1.54, 1.807) is 0 Å². The number of benzene rings is 1. The molecule has 138 valence electrons. The second-order valence-electron chi connectivity index (χ2n) is 6.16. The lowest BCUT2D eigenvalue weighted by Gasteiger charge is -2.16. The maximum atomic E-state index is 12.8. The molecule has 5 nitrogen and oxygen atoms in total. The first-order valence-corrected chi connectivity index (χ1v) is 8.23. The summed E-state index contributed by atoms with van der Waals surface area (Å²) in [5.74, 6) is -2.61. The van der Waals surface area contributed by atoms with Gasteiger partial charge in [-0.1, -0.05) is 23.8 Å². The number of allylic oxidation sites excluding steroid dienone is 2. The average molecular weight is 387 g/mol. The van der Waals surface area contributed by atoms with Crippen molar-refractivity contribution >= 4 is 35.0 Å². The van der Waals surface area contributed by atoms with Gasteiger partial charge in [0.25, 0.3) is 0 Å². The fourth-order valence-corrected chi connectivity index (χ4v) is 3.32. The lowest BCUT2D eigenvalue weighted by molar-refractivity contribution is -0.142. The van der Waals surface area contributed by atoms with Crippen molar-refractivity contribution in [3.63, 3.8) is 0 Å². The zero-order valence-electron chi connectivity index (χ0n) is 13.3. The molecule has 1 fully saturated rings. The van der Waals surface area contributed by atoms with E-state index in [2.05, 4.69) is 5.32 Å². The van der Waals surface area contributed by atoms with Crippen LogP contribution in [0.1, 0.15) is 18.4 Å². The second kappa shape index (κ2) is 6.75. The first kappa shape index (κ1) is 18.4. The molecule has 0 aromatic heterocycles. The molecule has 1 N–H and O–H groups in total. The highest BCUT2D eigenvalue weighted by atomic mass is 35.5. The van der Waals surface area contributed by atoms with E-state index >= 15 is 0 Å². The van der Waals surface area contributed by atoms with Gasteiger partial charge in [0.1, 0.15) is 6.54 Å². The molecule has 26 heavy (non-hydrogen) atoms. The van der Waals surface area contributed by atoms with Gasteiger partial charge < -0.3 is 5.32 Å². The summed E-state index contributed by atoms with van der Waals surface area (Å²) in [7, 11) is 0. The largest absolute Gasteiger partial charge is 0.416 e. The van der Waals surface area contributed by atoms with Crippen molar-refractivity contribution in [1.82, 2.24) is 4.90 Å². The van der Waals surface area contributed by atoms with Gasteiger partial charge in [-0.25, -0.2) is 0 Å². The standard InChI is InChI=1S/C17H14ClF3N2O3/c18-12-6-5-9(17(19,20)21)7-13(12)22-14(24)8-23-15(25)10-3-1-2-4-11(10)16(23)26/h1-2,5-7,10-11H,3-4,8H2,(H,22,24)/t10-,11-/m0/s1. The average Bonchev–Trinajstić information content (AvgIpc) is 2.81. The number of nitrogens with zero attached hydrogens (tertiary/aromatic N) is 1. The summed E-state index contributed by atoms with van der Waals surface area (Å²) in [5, 5.41) is 2.16. The van der Waals surface area contributed by atoms with Gasteiger partial charge in [-0.05, 0) is 31.0 Å². The molecule has 3 amide bonds. The van der Waals surface area contributed by atoms with Gasteiger partial charge in [0.05, 0.1) is 28.1 Å². The minimum absolute atomic E-state index is 0.0803. The Morgan fingerprint density at radius 1 is 1.15 bits per heavy atom. The number of carbonyl (C=O) groups excluding carboxylic acids is 3. The Kier molecular flexibility index (Phi) is 4.79. The molecule has 0 unspecified atom stereocenters. The highest BCUT2D eigenvalue weighted by Gasteiger charge is 2.47. The molecular formula is C17H14ClF3N2O3. The normalized spacial score (nSPS) is 22.5. The molecule has 3 rings (SSSR count). The molecule has 1 aliphatic carbocycles. The third-order valence-electron chi connectivity index (χ3n) is 4.47. The van der Waals surface area contributed by atoms with Crippen molar-refractivity contribution in [1.29, 1.82) is 0 Å². The molecule has 1 aliphatic heterocycles. The summed E-state index contributed by atoms with van der Waals surface area (Å²) in [4.78, 5) is 37.6. The van der Waals surface area contributed by atoms with Crippen molar-refractivity contribution in [3.8, 4) is 0 Å². The van der Waals surface area contributed by atoms with E-state index in [-0.39, 0.29) is 10.7 Å². The second-order valence-corrected chi connectivity index (χ2v) is 6.57. The molecule has 2 atom stereocenters. The van der Waals surface area contributed by atoms with Gasteiger partial charge in [0, 0.05) is 0 Å². The van der Waals surface area contributed by atoms with Crippen LogP contribution in [0.5, 0.6) is 0 Å². The number of hydrogen-bond acceptors (Lipinski definition) is 3. The van der Waals surface area contributed by atoms with Crippen LogP contribution in [0.25, 0.3) is 0 Å². The molecule has 1 heterocycles. The number of likely N-dealkylation sites (tertiary alicyclic amines) is 1. The van der Waals surface area contributed by atoms with E-state index in [0.29, 0.717) is 18.9 Å². The van der Waals surface area contributed by atoms with E-state index in [1.165, 1.54) is 0 Å². The number of nitrogens with one attached hydrogen (secondary N) is 1. The summed E-state index contributed by atoms with van der Waals surface area (Å²) in [6.07, 6.45) is -0.0794. The molecular weight excluding hydrogens is 373 g/mol. The Hall–Kier alpha value is -2.35. The van der Waals surface area contributed by atoms with Crippen LogP contribution in [0.4, 0.5) is 18.9 Å². The zero-order chi connectivity index (χ0) is 19.1. The topological polar surface area (TPSA) is 66.5 Å². The number of rotatable bonds is 3. The summed E-state index contributed by atoms with van der Waals surface area (Å²) in [5.41, 5.74) is -1.20. The van der Waals surface area contributed by atoms with Gasteiger partial charge in [0.2, 0.25) is 17.7 Å². The highest BCUT2D eigenvalue weighted by molar-refractivity contribution is 6.33. The SMILES string of the molecule is O=C(CN1C(=O)[C@H]2CC=CC[C@@H]2C1=O)Nc1cc(C(F)(F)F)ccc1Cl. The van der Waals surface area contributed by atoms with Gasteiger partial charge in [0.15, 0.2) is 0 Å². The zero-order valence-corrected chi connectivity index (χ0v) is 14.1. The van der Waals surface area contributed by atoms with E-state index in [4.69, 9.17) is 11.6 Å². The van der Waals surface area contributed by atoms with E-state index in [1.807, 2.05) is 12.2 Å². The Balaban J connectivity index is 1.72. The number of halogens is 4. The molecule has 0 bridgehead atoms. The Bertz CT molecular complexity index is 781. The van der Waals surface area contributed by atoms with Crippen LogP contribution in [-0.4, -0.2) is 29.2 Å². The smallest absolute Gasteiger partial charge is 0.323 e. The predicted molar refractivity (Wildman–Crippen MR) is 87.2 cm³/mol.